The highest BCUT2D eigenvalue weighted by Crippen LogP contribution is 2.41. The SMILES string of the molecule is CC(C)(C)n1nc(C(=O)N2CCO[C@H](CC(=O)O)C2)cc1C1CC1. The van der Waals surface area contributed by atoms with Gasteiger partial charge in [-0.2, -0.15) is 5.10 Å². The largest absolute Gasteiger partial charge is 0.481 e. The van der Waals surface area contributed by atoms with E-state index >= 15 is 0 Å². The fourth-order valence-electron chi connectivity index (χ4n) is 3.09. The van der Waals surface area contributed by atoms with Crippen LogP contribution in [0.1, 0.15) is 62.1 Å². The Kier molecular flexibility index (Phi) is 4.38. The number of carbonyl (C=O) groups excluding carboxylic acids is 1. The van der Waals surface area contributed by atoms with Gasteiger partial charge in [-0.05, 0) is 39.7 Å². The third kappa shape index (κ3) is 3.61. The van der Waals surface area contributed by atoms with Crippen LogP contribution in [0.4, 0.5) is 0 Å². The Morgan fingerprint density at radius 1 is 1.38 bits per heavy atom. The first-order valence-electron chi connectivity index (χ1n) is 8.49. The number of carboxylic acids is 1. The molecule has 132 valence electrons. The minimum atomic E-state index is -0.915. The summed E-state index contributed by atoms with van der Waals surface area (Å²) in [6, 6.07) is 1.91. The monoisotopic (exact) mass is 335 g/mol. The molecule has 0 spiro atoms. The topological polar surface area (TPSA) is 84.7 Å². The molecule has 0 unspecified atom stereocenters. The van der Waals surface area contributed by atoms with Crippen molar-refractivity contribution in [1.82, 2.24) is 14.7 Å². The van der Waals surface area contributed by atoms with Crippen molar-refractivity contribution < 1.29 is 19.4 Å². The second-order valence-electron chi connectivity index (χ2n) is 7.65. The Balaban J connectivity index is 1.78. The Morgan fingerprint density at radius 3 is 2.67 bits per heavy atom. The summed E-state index contributed by atoms with van der Waals surface area (Å²) in [5, 5.41) is 13.5. The van der Waals surface area contributed by atoms with Crippen molar-refractivity contribution in [3.8, 4) is 0 Å². The molecule has 0 aromatic carbocycles. The van der Waals surface area contributed by atoms with Gasteiger partial charge in [-0.15, -0.1) is 0 Å². The van der Waals surface area contributed by atoms with Crippen LogP contribution in [0.25, 0.3) is 0 Å². The van der Waals surface area contributed by atoms with Crippen LogP contribution in [0, 0.1) is 0 Å². The molecule has 0 bridgehead atoms. The maximum absolute atomic E-state index is 12.8. The highest BCUT2D eigenvalue weighted by atomic mass is 16.5. The van der Waals surface area contributed by atoms with Crippen LogP contribution in [0.2, 0.25) is 0 Å². The van der Waals surface area contributed by atoms with E-state index < -0.39 is 12.1 Å². The molecule has 2 fully saturated rings. The number of morpholine rings is 1. The summed E-state index contributed by atoms with van der Waals surface area (Å²) in [6.07, 6.45) is 1.75. The minimum absolute atomic E-state index is 0.0897. The molecule has 1 aliphatic carbocycles. The second-order valence-corrected chi connectivity index (χ2v) is 7.65. The zero-order valence-corrected chi connectivity index (χ0v) is 14.5. The molecule has 7 nitrogen and oxygen atoms in total. The summed E-state index contributed by atoms with van der Waals surface area (Å²) in [5.74, 6) is -0.552. The van der Waals surface area contributed by atoms with Crippen molar-refractivity contribution in [2.75, 3.05) is 19.7 Å². The summed E-state index contributed by atoms with van der Waals surface area (Å²) in [7, 11) is 0. The highest BCUT2D eigenvalue weighted by Gasteiger charge is 2.34. The predicted octanol–water partition coefficient (Wildman–Crippen LogP) is 1.83. The molecule has 1 atom stereocenters. The fraction of sp³-hybridized carbons (Fsp3) is 0.706. The molecule has 7 heteroatoms. The second kappa shape index (κ2) is 6.20. The van der Waals surface area contributed by atoms with Crippen LogP contribution in [0.5, 0.6) is 0 Å². The lowest BCUT2D eigenvalue weighted by Gasteiger charge is -2.31. The molecule has 1 saturated carbocycles. The van der Waals surface area contributed by atoms with Gasteiger partial charge in [0.05, 0.1) is 24.7 Å². The molecule has 0 radical (unpaired) electrons. The van der Waals surface area contributed by atoms with Gasteiger partial charge in [-0.1, -0.05) is 0 Å². The van der Waals surface area contributed by atoms with Gasteiger partial charge in [0.25, 0.3) is 5.91 Å². The lowest BCUT2D eigenvalue weighted by Crippen LogP contribution is -2.46. The van der Waals surface area contributed by atoms with Crippen molar-refractivity contribution in [3.05, 3.63) is 17.5 Å². The van der Waals surface area contributed by atoms with Gasteiger partial charge in [0.2, 0.25) is 0 Å². The minimum Gasteiger partial charge on any atom is -0.481 e. The van der Waals surface area contributed by atoms with E-state index in [0.717, 1.165) is 18.5 Å². The summed E-state index contributed by atoms with van der Waals surface area (Å²) in [5.41, 5.74) is 1.40. The van der Waals surface area contributed by atoms with Gasteiger partial charge < -0.3 is 14.7 Å². The van der Waals surface area contributed by atoms with Gasteiger partial charge in [-0.25, -0.2) is 0 Å². The third-order valence-electron chi connectivity index (χ3n) is 4.42. The summed E-state index contributed by atoms with van der Waals surface area (Å²) >= 11 is 0. The van der Waals surface area contributed by atoms with E-state index in [4.69, 9.17) is 9.84 Å². The lowest BCUT2D eigenvalue weighted by atomic mass is 10.1. The number of carbonyl (C=O) groups is 2. The van der Waals surface area contributed by atoms with Crippen molar-refractivity contribution in [1.29, 1.82) is 0 Å². The van der Waals surface area contributed by atoms with Crippen molar-refractivity contribution in [2.45, 2.75) is 57.6 Å². The first-order chi connectivity index (χ1) is 11.3. The Bertz CT molecular complexity index is 643. The van der Waals surface area contributed by atoms with Gasteiger partial charge in [0.15, 0.2) is 5.69 Å². The number of aliphatic carboxylic acids is 1. The van der Waals surface area contributed by atoms with Crippen LogP contribution in [-0.2, 0) is 15.1 Å². The Morgan fingerprint density at radius 2 is 2.08 bits per heavy atom. The van der Waals surface area contributed by atoms with E-state index in [1.54, 1.807) is 4.90 Å². The molecule has 1 aromatic heterocycles. The summed E-state index contributed by atoms with van der Waals surface area (Å²) < 4.78 is 7.40. The third-order valence-corrected chi connectivity index (χ3v) is 4.42. The molecule has 24 heavy (non-hydrogen) atoms. The molecule has 1 amide bonds. The highest BCUT2D eigenvalue weighted by molar-refractivity contribution is 5.92. The first-order valence-corrected chi connectivity index (χ1v) is 8.49. The average molecular weight is 335 g/mol. The Labute approximate surface area is 141 Å². The van der Waals surface area contributed by atoms with E-state index in [2.05, 4.69) is 25.9 Å². The van der Waals surface area contributed by atoms with Crippen LogP contribution < -0.4 is 0 Å². The van der Waals surface area contributed by atoms with Gasteiger partial charge in [-0.3, -0.25) is 14.3 Å². The van der Waals surface area contributed by atoms with Crippen molar-refractivity contribution in [3.63, 3.8) is 0 Å². The number of hydrogen-bond acceptors (Lipinski definition) is 4. The maximum atomic E-state index is 12.8. The van der Waals surface area contributed by atoms with Gasteiger partial charge in [0, 0.05) is 24.7 Å². The van der Waals surface area contributed by atoms with E-state index in [1.807, 2.05) is 10.7 Å². The maximum Gasteiger partial charge on any atom is 0.306 e. The molecule has 3 rings (SSSR count). The molecule has 1 saturated heterocycles. The van der Waals surface area contributed by atoms with Crippen LogP contribution in [0.15, 0.2) is 6.07 Å². The Hall–Kier alpha value is -1.89. The van der Waals surface area contributed by atoms with Crippen molar-refractivity contribution in [2.24, 2.45) is 0 Å². The van der Waals surface area contributed by atoms with Gasteiger partial charge in [0.1, 0.15) is 0 Å². The standard InChI is InChI=1S/C17H25N3O4/c1-17(2,3)20-14(11-4-5-11)9-13(18-20)16(23)19-6-7-24-12(10-19)8-15(21)22/h9,11-12H,4-8,10H2,1-3H3,(H,21,22)/t12-/m1/s1. The average Bonchev–Trinajstić information content (AvgIpc) is 3.23. The van der Waals surface area contributed by atoms with Gasteiger partial charge >= 0.3 is 5.97 Å². The van der Waals surface area contributed by atoms with E-state index in [-0.39, 0.29) is 17.9 Å². The number of rotatable bonds is 4. The normalized spacial score (nSPS) is 21.8. The van der Waals surface area contributed by atoms with Crippen LogP contribution in [-0.4, -0.2) is 57.5 Å². The van der Waals surface area contributed by atoms with E-state index in [9.17, 15) is 9.59 Å². The molecule has 2 aliphatic rings. The fourth-order valence-corrected chi connectivity index (χ4v) is 3.09. The summed E-state index contributed by atoms with van der Waals surface area (Å²) in [6.45, 7) is 7.37. The van der Waals surface area contributed by atoms with Crippen molar-refractivity contribution >= 4 is 11.9 Å². The van der Waals surface area contributed by atoms with Crippen LogP contribution in [0.3, 0.4) is 0 Å². The molecule has 1 aliphatic heterocycles. The smallest absolute Gasteiger partial charge is 0.306 e. The number of ether oxygens (including phenoxy) is 1. The molecule has 1 aromatic rings. The lowest BCUT2D eigenvalue weighted by molar-refractivity contribution is -0.141. The number of nitrogens with zero attached hydrogens (tertiary/aromatic N) is 3. The molecule has 1 N–H and O–H groups in total. The van der Waals surface area contributed by atoms with E-state index in [0.29, 0.717) is 31.3 Å². The zero-order chi connectivity index (χ0) is 17.5. The van der Waals surface area contributed by atoms with Crippen LogP contribution >= 0.6 is 0 Å². The number of hydrogen-bond donors (Lipinski definition) is 1. The number of amides is 1. The summed E-state index contributed by atoms with van der Waals surface area (Å²) in [4.78, 5) is 25.3. The molecular formula is C17H25N3O4. The zero-order valence-electron chi connectivity index (χ0n) is 14.5. The molecule has 2 heterocycles. The molecular weight excluding hydrogens is 310 g/mol. The number of aromatic nitrogens is 2. The number of carboxylic acid groups (broad SMARTS) is 1. The predicted molar refractivity (Wildman–Crippen MR) is 87.1 cm³/mol. The first kappa shape index (κ1) is 17.0. The quantitative estimate of drug-likeness (QED) is 0.907. The van der Waals surface area contributed by atoms with E-state index in [1.165, 1.54) is 0 Å².